The van der Waals surface area contributed by atoms with Crippen molar-refractivity contribution in [3.63, 3.8) is 0 Å². The topological polar surface area (TPSA) is 9.23 Å². The molecular formula is C11H21ClO. The van der Waals surface area contributed by atoms with Crippen LogP contribution in [-0.4, -0.2) is 19.6 Å². The van der Waals surface area contributed by atoms with Crippen LogP contribution in [0, 0.1) is 5.41 Å². The SMILES string of the molecule is COCCCC1(CCl)CCCCC1. The molecule has 1 aliphatic carbocycles. The lowest BCUT2D eigenvalue weighted by Gasteiger charge is -2.35. The highest BCUT2D eigenvalue weighted by Crippen LogP contribution is 2.41. The van der Waals surface area contributed by atoms with Crippen molar-refractivity contribution in [2.45, 2.75) is 44.9 Å². The van der Waals surface area contributed by atoms with E-state index in [1.54, 1.807) is 7.11 Å². The summed E-state index contributed by atoms with van der Waals surface area (Å²) in [6.07, 6.45) is 9.25. The summed E-state index contributed by atoms with van der Waals surface area (Å²) < 4.78 is 5.08. The largest absolute Gasteiger partial charge is 0.385 e. The van der Waals surface area contributed by atoms with E-state index in [1.807, 2.05) is 0 Å². The number of ether oxygens (including phenoxy) is 1. The zero-order chi connectivity index (χ0) is 9.57. The second-order valence-electron chi connectivity index (χ2n) is 4.29. The predicted molar refractivity (Wildman–Crippen MR) is 57.3 cm³/mol. The van der Waals surface area contributed by atoms with Crippen molar-refractivity contribution in [2.75, 3.05) is 19.6 Å². The van der Waals surface area contributed by atoms with Gasteiger partial charge in [0.05, 0.1) is 0 Å². The molecule has 0 amide bonds. The van der Waals surface area contributed by atoms with Crippen molar-refractivity contribution < 1.29 is 4.74 Å². The first-order valence-corrected chi connectivity index (χ1v) is 5.91. The third-order valence-corrected chi connectivity index (χ3v) is 3.82. The molecule has 0 aromatic rings. The van der Waals surface area contributed by atoms with E-state index < -0.39 is 0 Å². The quantitative estimate of drug-likeness (QED) is 0.491. The molecule has 1 fully saturated rings. The maximum Gasteiger partial charge on any atom is 0.0462 e. The Morgan fingerprint density at radius 1 is 1.23 bits per heavy atom. The molecule has 0 saturated heterocycles. The van der Waals surface area contributed by atoms with Crippen molar-refractivity contribution in [3.8, 4) is 0 Å². The molecule has 0 aliphatic heterocycles. The molecule has 1 aliphatic rings. The monoisotopic (exact) mass is 204 g/mol. The van der Waals surface area contributed by atoms with E-state index in [-0.39, 0.29) is 0 Å². The van der Waals surface area contributed by atoms with Gasteiger partial charge in [0, 0.05) is 19.6 Å². The second kappa shape index (κ2) is 5.87. The van der Waals surface area contributed by atoms with E-state index >= 15 is 0 Å². The average Bonchev–Trinajstić information content (AvgIpc) is 2.20. The summed E-state index contributed by atoms with van der Waals surface area (Å²) in [4.78, 5) is 0. The number of halogens is 1. The Morgan fingerprint density at radius 2 is 1.92 bits per heavy atom. The van der Waals surface area contributed by atoms with Crippen molar-refractivity contribution in [2.24, 2.45) is 5.41 Å². The summed E-state index contributed by atoms with van der Waals surface area (Å²) in [6.45, 7) is 0.888. The van der Waals surface area contributed by atoms with E-state index in [1.165, 1.54) is 44.9 Å². The van der Waals surface area contributed by atoms with Gasteiger partial charge in [-0.3, -0.25) is 0 Å². The third kappa shape index (κ3) is 3.47. The van der Waals surface area contributed by atoms with Gasteiger partial charge in [0.1, 0.15) is 0 Å². The van der Waals surface area contributed by atoms with Crippen LogP contribution in [0.4, 0.5) is 0 Å². The van der Waals surface area contributed by atoms with Crippen molar-refractivity contribution in [1.29, 1.82) is 0 Å². The molecule has 0 atom stereocenters. The van der Waals surface area contributed by atoms with Crippen LogP contribution in [0.3, 0.4) is 0 Å². The Kier molecular flexibility index (Phi) is 5.12. The first-order chi connectivity index (χ1) is 6.33. The van der Waals surface area contributed by atoms with Crippen LogP contribution in [0.2, 0.25) is 0 Å². The van der Waals surface area contributed by atoms with Gasteiger partial charge >= 0.3 is 0 Å². The number of hydrogen-bond donors (Lipinski definition) is 0. The Balaban J connectivity index is 2.29. The van der Waals surface area contributed by atoms with Crippen LogP contribution in [0.5, 0.6) is 0 Å². The Morgan fingerprint density at radius 3 is 2.46 bits per heavy atom. The molecule has 13 heavy (non-hydrogen) atoms. The minimum absolute atomic E-state index is 0.457. The summed E-state index contributed by atoms with van der Waals surface area (Å²) in [6, 6.07) is 0. The Labute approximate surface area is 86.8 Å². The molecule has 0 bridgehead atoms. The first-order valence-electron chi connectivity index (χ1n) is 5.38. The van der Waals surface area contributed by atoms with Crippen LogP contribution >= 0.6 is 11.6 Å². The molecule has 0 radical (unpaired) electrons. The molecule has 0 heterocycles. The Hall–Kier alpha value is 0.250. The molecule has 0 N–H and O–H groups in total. The summed E-state index contributed by atoms with van der Waals surface area (Å²) in [7, 11) is 1.77. The van der Waals surface area contributed by atoms with Gasteiger partial charge in [0.2, 0.25) is 0 Å². The highest BCUT2D eigenvalue weighted by molar-refractivity contribution is 6.18. The fourth-order valence-electron chi connectivity index (χ4n) is 2.34. The fourth-order valence-corrected chi connectivity index (χ4v) is 2.74. The standard InChI is InChI=1S/C11H21ClO/c1-13-9-5-8-11(10-12)6-3-2-4-7-11/h2-10H2,1H3. The van der Waals surface area contributed by atoms with E-state index in [0.717, 1.165) is 12.5 Å². The minimum atomic E-state index is 0.457. The summed E-state index contributed by atoms with van der Waals surface area (Å²) in [5.41, 5.74) is 0.457. The maximum atomic E-state index is 6.08. The van der Waals surface area contributed by atoms with Gasteiger partial charge in [-0.25, -0.2) is 0 Å². The van der Waals surface area contributed by atoms with E-state index in [2.05, 4.69) is 0 Å². The third-order valence-electron chi connectivity index (χ3n) is 3.25. The summed E-state index contributed by atoms with van der Waals surface area (Å²) in [5.74, 6) is 0.844. The van der Waals surface area contributed by atoms with Gasteiger partial charge < -0.3 is 4.74 Å². The predicted octanol–water partition coefficient (Wildman–Crippen LogP) is 3.60. The molecule has 78 valence electrons. The van der Waals surface area contributed by atoms with Crippen LogP contribution in [0.1, 0.15) is 44.9 Å². The van der Waals surface area contributed by atoms with Gasteiger partial charge in [-0.1, -0.05) is 19.3 Å². The van der Waals surface area contributed by atoms with Gasteiger partial charge in [-0.05, 0) is 31.1 Å². The molecule has 1 nitrogen and oxygen atoms in total. The van der Waals surface area contributed by atoms with Crippen LogP contribution < -0.4 is 0 Å². The first kappa shape index (κ1) is 11.3. The lowest BCUT2D eigenvalue weighted by Crippen LogP contribution is -2.26. The van der Waals surface area contributed by atoms with Crippen LogP contribution in [-0.2, 0) is 4.74 Å². The van der Waals surface area contributed by atoms with Crippen LogP contribution in [0.15, 0.2) is 0 Å². The van der Waals surface area contributed by atoms with E-state index in [0.29, 0.717) is 5.41 Å². The van der Waals surface area contributed by atoms with Crippen molar-refractivity contribution in [3.05, 3.63) is 0 Å². The summed E-state index contributed by atoms with van der Waals surface area (Å²) >= 11 is 6.08. The molecule has 1 saturated carbocycles. The fraction of sp³-hybridized carbons (Fsp3) is 1.00. The number of rotatable bonds is 5. The molecule has 2 heteroatoms. The molecule has 0 aromatic carbocycles. The summed E-state index contributed by atoms with van der Waals surface area (Å²) in [5, 5.41) is 0. The lowest BCUT2D eigenvalue weighted by molar-refractivity contribution is 0.149. The highest BCUT2D eigenvalue weighted by Gasteiger charge is 2.30. The lowest BCUT2D eigenvalue weighted by atomic mass is 9.73. The molecular weight excluding hydrogens is 184 g/mol. The van der Waals surface area contributed by atoms with Gasteiger partial charge in [0.25, 0.3) is 0 Å². The number of alkyl halides is 1. The second-order valence-corrected chi connectivity index (χ2v) is 4.56. The zero-order valence-corrected chi connectivity index (χ0v) is 9.41. The molecule has 0 spiro atoms. The molecule has 0 aromatic heterocycles. The molecule has 0 unspecified atom stereocenters. The zero-order valence-electron chi connectivity index (χ0n) is 8.65. The minimum Gasteiger partial charge on any atom is -0.385 e. The molecule has 1 rings (SSSR count). The normalized spacial score (nSPS) is 21.7. The van der Waals surface area contributed by atoms with Gasteiger partial charge in [-0.2, -0.15) is 0 Å². The van der Waals surface area contributed by atoms with Crippen molar-refractivity contribution >= 4 is 11.6 Å². The Bertz CT molecular complexity index is 130. The van der Waals surface area contributed by atoms with Gasteiger partial charge in [-0.15, -0.1) is 11.6 Å². The highest BCUT2D eigenvalue weighted by atomic mass is 35.5. The van der Waals surface area contributed by atoms with Crippen molar-refractivity contribution in [1.82, 2.24) is 0 Å². The van der Waals surface area contributed by atoms with E-state index in [4.69, 9.17) is 16.3 Å². The number of methoxy groups -OCH3 is 1. The maximum absolute atomic E-state index is 6.08. The van der Waals surface area contributed by atoms with Crippen LogP contribution in [0.25, 0.3) is 0 Å². The smallest absolute Gasteiger partial charge is 0.0462 e. The van der Waals surface area contributed by atoms with Gasteiger partial charge in [0.15, 0.2) is 0 Å². The number of hydrogen-bond acceptors (Lipinski definition) is 1. The average molecular weight is 205 g/mol. The van der Waals surface area contributed by atoms with E-state index in [9.17, 15) is 0 Å².